The Bertz CT molecular complexity index is 506. The number of nitrogens with one attached hydrogen (secondary N) is 1. The van der Waals surface area contributed by atoms with Crippen LogP contribution in [0.2, 0.25) is 0 Å². The van der Waals surface area contributed by atoms with E-state index in [0.717, 1.165) is 11.1 Å². The van der Waals surface area contributed by atoms with Crippen LogP contribution in [0.25, 0.3) is 0 Å². The summed E-state index contributed by atoms with van der Waals surface area (Å²) in [6, 6.07) is 8.46. The summed E-state index contributed by atoms with van der Waals surface area (Å²) in [5.74, 6) is 5.93. The Kier molecular flexibility index (Phi) is 3.25. The van der Waals surface area contributed by atoms with Gasteiger partial charge in [0, 0.05) is 23.5 Å². The molecule has 1 aromatic carbocycles. The normalized spacial score (nSPS) is 9.31. The lowest BCUT2D eigenvalue weighted by molar-refractivity contribution is 0.283. The van der Waals surface area contributed by atoms with Crippen LogP contribution in [0.5, 0.6) is 6.01 Å². The van der Waals surface area contributed by atoms with Gasteiger partial charge in [-0.15, -0.1) is 5.92 Å². The van der Waals surface area contributed by atoms with Gasteiger partial charge in [0.05, 0.1) is 0 Å². The summed E-state index contributed by atoms with van der Waals surface area (Å²) in [5.41, 5.74) is 2.06. The summed E-state index contributed by atoms with van der Waals surface area (Å²) in [6.45, 7) is 2.29. The van der Waals surface area contributed by atoms with E-state index in [9.17, 15) is 0 Å². The number of rotatable bonds is 3. The maximum absolute atomic E-state index is 5.48. The van der Waals surface area contributed by atoms with Crippen molar-refractivity contribution < 1.29 is 4.74 Å². The van der Waals surface area contributed by atoms with E-state index in [1.165, 1.54) is 0 Å². The van der Waals surface area contributed by atoms with Gasteiger partial charge >= 0.3 is 0 Å². The minimum atomic E-state index is 0.471. The van der Waals surface area contributed by atoms with Crippen molar-refractivity contribution in [1.29, 1.82) is 0 Å². The molecule has 0 aliphatic heterocycles. The van der Waals surface area contributed by atoms with E-state index >= 15 is 0 Å². The Balaban J connectivity index is 2.11. The van der Waals surface area contributed by atoms with E-state index < -0.39 is 0 Å². The molecule has 0 aliphatic carbocycles. The molecule has 0 bridgehead atoms. The standard InChI is InChI=1S/C13H12N2O/c1-2-5-11-6-3-4-7-12(11)10-16-13-14-8-9-15-13/h3-4,6-9H,10H2,1H3,(H,14,15). The highest BCUT2D eigenvalue weighted by molar-refractivity contribution is 5.40. The molecule has 3 heteroatoms. The average molecular weight is 212 g/mol. The molecule has 0 saturated carbocycles. The van der Waals surface area contributed by atoms with E-state index in [0.29, 0.717) is 12.6 Å². The molecule has 2 rings (SSSR count). The van der Waals surface area contributed by atoms with E-state index in [-0.39, 0.29) is 0 Å². The number of H-pyrrole nitrogens is 1. The van der Waals surface area contributed by atoms with Crippen LogP contribution in [0.4, 0.5) is 0 Å². The zero-order valence-electron chi connectivity index (χ0n) is 9.03. The number of benzene rings is 1. The van der Waals surface area contributed by atoms with Crippen molar-refractivity contribution in [1.82, 2.24) is 9.97 Å². The molecule has 3 nitrogen and oxygen atoms in total. The van der Waals surface area contributed by atoms with E-state index in [2.05, 4.69) is 21.8 Å². The predicted molar refractivity (Wildman–Crippen MR) is 61.9 cm³/mol. The first kappa shape index (κ1) is 10.3. The molecule has 1 aromatic heterocycles. The Morgan fingerprint density at radius 1 is 1.38 bits per heavy atom. The van der Waals surface area contributed by atoms with Crippen molar-refractivity contribution in [2.45, 2.75) is 13.5 Å². The summed E-state index contributed by atoms with van der Waals surface area (Å²) in [7, 11) is 0. The van der Waals surface area contributed by atoms with Gasteiger partial charge in [-0.3, -0.25) is 0 Å². The van der Waals surface area contributed by atoms with Gasteiger partial charge in [-0.2, -0.15) is 0 Å². The molecule has 80 valence electrons. The maximum atomic E-state index is 5.48. The smallest absolute Gasteiger partial charge is 0.293 e. The molecule has 16 heavy (non-hydrogen) atoms. The first-order valence-electron chi connectivity index (χ1n) is 5.03. The summed E-state index contributed by atoms with van der Waals surface area (Å²) in [5, 5.41) is 0. The van der Waals surface area contributed by atoms with Crippen molar-refractivity contribution in [3.63, 3.8) is 0 Å². The minimum absolute atomic E-state index is 0.471. The number of hydrogen-bond donors (Lipinski definition) is 1. The fraction of sp³-hybridized carbons (Fsp3) is 0.154. The van der Waals surface area contributed by atoms with E-state index in [4.69, 9.17) is 4.74 Å². The largest absolute Gasteiger partial charge is 0.460 e. The summed E-state index contributed by atoms with van der Waals surface area (Å²) in [6.07, 6.45) is 3.39. The van der Waals surface area contributed by atoms with Gasteiger partial charge in [0.1, 0.15) is 6.61 Å². The molecule has 0 atom stereocenters. The second kappa shape index (κ2) is 5.04. The lowest BCUT2D eigenvalue weighted by Crippen LogP contribution is -1.99. The third kappa shape index (κ3) is 2.43. The molecular weight excluding hydrogens is 200 g/mol. The SMILES string of the molecule is CC#Cc1ccccc1COc1ncc[nH]1. The molecule has 0 fully saturated rings. The number of hydrogen-bond acceptors (Lipinski definition) is 2. The number of ether oxygens (including phenoxy) is 1. The fourth-order valence-corrected chi connectivity index (χ4v) is 1.38. The number of imidazole rings is 1. The van der Waals surface area contributed by atoms with Gasteiger partial charge in [0.2, 0.25) is 0 Å². The number of aromatic amines is 1. The van der Waals surface area contributed by atoms with Crippen LogP contribution in [-0.2, 0) is 6.61 Å². The highest BCUT2D eigenvalue weighted by atomic mass is 16.5. The maximum Gasteiger partial charge on any atom is 0.293 e. The van der Waals surface area contributed by atoms with E-state index in [1.54, 1.807) is 12.4 Å². The molecule has 1 heterocycles. The summed E-state index contributed by atoms with van der Waals surface area (Å²) < 4.78 is 5.48. The van der Waals surface area contributed by atoms with Crippen LogP contribution < -0.4 is 4.74 Å². The van der Waals surface area contributed by atoms with Crippen molar-refractivity contribution in [3.05, 3.63) is 47.8 Å². The molecule has 0 amide bonds. The topological polar surface area (TPSA) is 37.9 Å². The molecule has 0 spiro atoms. The summed E-state index contributed by atoms with van der Waals surface area (Å²) >= 11 is 0. The summed E-state index contributed by atoms with van der Waals surface area (Å²) in [4.78, 5) is 6.88. The fourth-order valence-electron chi connectivity index (χ4n) is 1.38. The monoisotopic (exact) mass is 212 g/mol. The molecule has 0 saturated heterocycles. The average Bonchev–Trinajstić information content (AvgIpc) is 2.81. The van der Waals surface area contributed by atoms with Crippen molar-refractivity contribution >= 4 is 0 Å². The van der Waals surface area contributed by atoms with Crippen molar-refractivity contribution in [3.8, 4) is 17.9 Å². The van der Waals surface area contributed by atoms with Gasteiger partial charge in [-0.1, -0.05) is 24.1 Å². The first-order chi connectivity index (χ1) is 7.90. The van der Waals surface area contributed by atoms with Crippen molar-refractivity contribution in [2.75, 3.05) is 0 Å². The molecule has 1 N–H and O–H groups in total. The Morgan fingerprint density at radius 2 is 2.25 bits per heavy atom. The predicted octanol–water partition coefficient (Wildman–Crippen LogP) is 2.36. The second-order valence-electron chi connectivity index (χ2n) is 3.22. The van der Waals surface area contributed by atoms with Crippen LogP contribution in [0.1, 0.15) is 18.1 Å². The van der Waals surface area contributed by atoms with Gasteiger partial charge in [-0.25, -0.2) is 4.98 Å². The highest BCUT2D eigenvalue weighted by Gasteiger charge is 2.01. The lowest BCUT2D eigenvalue weighted by Gasteiger charge is -2.04. The van der Waals surface area contributed by atoms with Crippen LogP contribution in [0, 0.1) is 11.8 Å². The molecular formula is C13H12N2O. The Morgan fingerprint density at radius 3 is 3.00 bits per heavy atom. The minimum Gasteiger partial charge on any atom is -0.460 e. The second-order valence-corrected chi connectivity index (χ2v) is 3.22. The van der Waals surface area contributed by atoms with Crippen LogP contribution in [0.15, 0.2) is 36.7 Å². The number of aromatic nitrogens is 2. The van der Waals surface area contributed by atoms with Gasteiger partial charge in [-0.05, 0) is 13.0 Å². The quantitative estimate of drug-likeness (QED) is 0.793. The van der Waals surface area contributed by atoms with E-state index in [1.807, 2.05) is 31.2 Å². The molecule has 0 unspecified atom stereocenters. The van der Waals surface area contributed by atoms with Crippen LogP contribution >= 0.6 is 0 Å². The van der Waals surface area contributed by atoms with Crippen LogP contribution in [0.3, 0.4) is 0 Å². The zero-order chi connectivity index (χ0) is 11.2. The Labute approximate surface area is 94.5 Å². The molecule has 0 aliphatic rings. The molecule has 2 aromatic rings. The zero-order valence-corrected chi connectivity index (χ0v) is 9.03. The Hall–Kier alpha value is -2.21. The highest BCUT2D eigenvalue weighted by Crippen LogP contribution is 2.10. The number of nitrogens with zero attached hydrogens (tertiary/aromatic N) is 1. The lowest BCUT2D eigenvalue weighted by atomic mass is 10.1. The molecule has 0 radical (unpaired) electrons. The third-order valence-electron chi connectivity index (χ3n) is 2.11. The third-order valence-corrected chi connectivity index (χ3v) is 2.11. The van der Waals surface area contributed by atoms with Gasteiger partial charge in [0.25, 0.3) is 6.01 Å². The first-order valence-corrected chi connectivity index (χ1v) is 5.03. The van der Waals surface area contributed by atoms with Crippen LogP contribution in [-0.4, -0.2) is 9.97 Å². The van der Waals surface area contributed by atoms with Crippen molar-refractivity contribution in [2.24, 2.45) is 0 Å². The van der Waals surface area contributed by atoms with Gasteiger partial charge < -0.3 is 9.72 Å². The van der Waals surface area contributed by atoms with Gasteiger partial charge in [0.15, 0.2) is 0 Å².